The van der Waals surface area contributed by atoms with E-state index in [0.29, 0.717) is 6.61 Å². The summed E-state index contributed by atoms with van der Waals surface area (Å²) < 4.78 is 6.67. The van der Waals surface area contributed by atoms with Gasteiger partial charge in [-0.1, -0.05) is 22.9 Å². The lowest BCUT2D eigenvalue weighted by atomic mass is 10.1. The van der Waals surface area contributed by atoms with Crippen molar-refractivity contribution in [1.29, 1.82) is 0 Å². The number of thiazole rings is 1. The fourth-order valence-corrected chi connectivity index (χ4v) is 3.37. The molecule has 0 spiro atoms. The van der Waals surface area contributed by atoms with E-state index in [-0.39, 0.29) is 10.9 Å². The summed E-state index contributed by atoms with van der Waals surface area (Å²) in [6.45, 7) is 2.55. The van der Waals surface area contributed by atoms with Crippen molar-refractivity contribution < 1.29 is 14.6 Å². The van der Waals surface area contributed by atoms with Crippen LogP contribution >= 0.6 is 27.3 Å². The molecule has 1 aromatic heterocycles. The third-order valence-electron chi connectivity index (χ3n) is 2.97. The van der Waals surface area contributed by atoms with Gasteiger partial charge in [0.15, 0.2) is 0 Å². The molecule has 1 aliphatic rings. The normalized spacial score (nSPS) is 17.1. The number of halogens is 1. The molecule has 1 unspecified atom stereocenters. The Hall–Kier alpha value is -1.40. The number of rotatable bonds is 1. The van der Waals surface area contributed by atoms with Crippen LogP contribution in [0.3, 0.4) is 0 Å². The van der Waals surface area contributed by atoms with Crippen molar-refractivity contribution in [3.8, 4) is 17.0 Å². The van der Waals surface area contributed by atoms with Crippen molar-refractivity contribution in [2.24, 2.45) is 0 Å². The van der Waals surface area contributed by atoms with Crippen molar-refractivity contribution in [3.63, 3.8) is 0 Å². The van der Waals surface area contributed by atoms with Crippen molar-refractivity contribution in [3.05, 3.63) is 32.6 Å². The molecule has 1 aliphatic heterocycles. The third-order valence-corrected chi connectivity index (χ3v) is 4.74. The average molecular weight is 340 g/mol. The quantitative estimate of drug-likeness (QED) is 0.859. The molecular formula is C13H10BrNO3S. The van der Waals surface area contributed by atoms with E-state index in [0.717, 1.165) is 26.4 Å². The standard InChI is InChI=1S/C13H10BrNO3S/c1-6-5-18-9-3-2-7(14)4-8(9)10-11(6)19-12(15-10)13(16)17/h2-4,6H,5H2,1H3,(H,16,17). The molecule has 0 aliphatic carbocycles. The SMILES string of the molecule is CC1COc2ccc(Br)cc2-c2nc(C(=O)O)sc21. The zero-order valence-electron chi connectivity index (χ0n) is 10.0. The zero-order chi connectivity index (χ0) is 13.6. The van der Waals surface area contributed by atoms with E-state index in [1.807, 2.05) is 25.1 Å². The highest BCUT2D eigenvalue weighted by Crippen LogP contribution is 2.42. The molecule has 19 heavy (non-hydrogen) atoms. The molecule has 6 heteroatoms. The van der Waals surface area contributed by atoms with Gasteiger partial charge in [-0.3, -0.25) is 0 Å². The van der Waals surface area contributed by atoms with Crippen molar-refractivity contribution in [2.45, 2.75) is 12.8 Å². The second kappa shape index (κ2) is 4.61. The first-order valence-corrected chi connectivity index (χ1v) is 7.34. The van der Waals surface area contributed by atoms with Crippen LogP contribution in [0.15, 0.2) is 22.7 Å². The van der Waals surface area contributed by atoms with Crippen LogP contribution in [0.5, 0.6) is 5.75 Å². The summed E-state index contributed by atoms with van der Waals surface area (Å²) in [5.74, 6) is -0.106. The molecule has 0 radical (unpaired) electrons. The fourth-order valence-electron chi connectivity index (χ4n) is 2.05. The smallest absolute Gasteiger partial charge is 0.365 e. The van der Waals surface area contributed by atoms with Crippen molar-refractivity contribution in [2.75, 3.05) is 6.61 Å². The number of aromatic nitrogens is 1. The van der Waals surface area contributed by atoms with Crippen molar-refractivity contribution >= 4 is 33.2 Å². The zero-order valence-corrected chi connectivity index (χ0v) is 12.4. The monoisotopic (exact) mass is 339 g/mol. The number of carboxylic acid groups (broad SMARTS) is 1. The minimum absolute atomic E-state index is 0.129. The Bertz CT molecular complexity index is 668. The molecule has 1 aromatic carbocycles. The molecule has 2 heterocycles. The second-order valence-electron chi connectivity index (χ2n) is 4.39. The Labute approximate surface area is 122 Å². The summed E-state index contributed by atoms with van der Waals surface area (Å²) in [6.07, 6.45) is 0. The lowest BCUT2D eigenvalue weighted by Crippen LogP contribution is -2.03. The van der Waals surface area contributed by atoms with Crippen LogP contribution in [0.25, 0.3) is 11.3 Å². The van der Waals surface area contributed by atoms with Gasteiger partial charge in [0.25, 0.3) is 0 Å². The van der Waals surface area contributed by atoms with Gasteiger partial charge in [0, 0.05) is 20.8 Å². The van der Waals surface area contributed by atoms with E-state index in [4.69, 9.17) is 9.84 Å². The highest BCUT2D eigenvalue weighted by atomic mass is 79.9. The van der Waals surface area contributed by atoms with Crippen LogP contribution in [-0.2, 0) is 0 Å². The van der Waals surface area contributed by atoms with Crippen LogP contribution in [-0.4, -0.2) is 22.7 Å². The number of benzene rings is 1. The molecule has 4 nitrogen and oxygen atoms in total. The predicted molar refractivity (Wildman–Crippen MR) is 76.1 cm³/mol. The van der Waals surface area contributed by atoms with Crippen LogP contribution in [0.1, 0.15) is 27.5 Å². The summed E-state index contributed by atoms with van der Waals surface area (Å²) in [4.78, 5) is 16.3. The molecule has 2 aromatic rings. The van der Waals surface area contributed by atoms with Gasteiger partial charge >= 0.3 is 5.97 Å². The highest BCUT2D eigenvalue weighted by Gasteiger charge is 2.26. The number of hydrogen-bond acceptors (Lipinski definition) is 4. The highest BCUT2D eigenvalue weighted by molar-refractivity contribution is 9.10. The summed E-state index contributed by atoms with van der Waals surface area (Å²) in [5, 5.41) is 9.23. The van der Waals surface area contributed by atoms with Crippen molar-refractivity contribution in [1.82, 2.24) is 4.98 Å². The summed E-state index contributed by atoms with van der Waals surface area (Å²) in [7, 11) is 0. The molecule has 1 N–H and O–H groups in total. The summed E-state index contributed by atoms with van der Waals surface area (Å²) >= 11 is 4.65. The fraction of sp³-hybridized carbons (Fsp3) is 0.231. The van der Waals surface area contributed by atoms with E-state index >= 15 is 0 Å². The van der Waals surface area contributed by atoms with Crippen LogP contribution in [0.2, 0.25) is 0 Å². The number of carboxylic acids is 1. The molecule has 3 rings (SSSR count). The molecule has 0 amide bonds. The number of aromatic carboxylic acids is 1. The van der Waals surface area contributed by atoms with E-state index in [1.54, 1.807) is 0 Å². The number of nitrogens with zero attached hydrogens (tertiary/aromatic N) is 1. The van der Waals surface area contributed by atoms with E-state index in [9.17, 15) is 4.79 Å². The summed E-state index contributed by atoms with van der Waals surface area (Å²) in [6, 6.07) is 5.69. The molecule has 0 saturated carbocycles. The van der Waals surface area contributed by atoms with Crippen LogP contribution in [0, 0.1) is 0 Å². The maximum absolute atomic E-state index is 11.1. The van der Waals surface area contributed by atoms with Crippen LogP contribution in [0.4, 0.5) is 0 Å². The van der Waals surface area contributed by atoms with Gasteiger partial charge in [0.1, 0.15) is 5.75 Å². The first kappa shape index (κ1) is 12.6. The Balaban J connectivity index is 2.25. The molecule has 1 atom stereocenters. The van der Waals surface area contributed by atoms with E-state index in [1.165, 1.54) is 11.3 Å². The molecule has 0 fully saturated rings. The average Bonchev–Trinajstić information content (AvgIpc) is 2.77. The number of hydrogen-bond donors (Lipinski definition) is 1. The summed E-state index contributed by atoms with van der Waals surface area (Å²) in [5.41, 5.74) is 1.57. The minimum atomic E-state index is -0.984. The molecule has 0 bridgehead atoms. The van der Waals surface area contributed by atoms with Gasteiger partial charge in [-0.15, -0.1) is 11.3 Å². The van der Waals surface area contributed by atoms with Gasteiger partial charge in [0.05, 0.1) is 12.3 Å². The Morgan fingerprint density at radius 1 is 1.58 bits per heavy atom. The minimum Gasteiger partial charge on any atom is -0.492 e. The topological polar surface area (TPSA) is 59.4 Å². The lowest BCUT2D eigenvalue weighted by molar-refractivity contribution is 0.0696. The largest absolute Gasteiger partial charge is 0.492 e. The molecule has 98 valence electrons. The third kappa shape index (κ3) is 2.15. The van der Waals surface area contributed by atoms with Gasteiger partial charge in [-0.25, -0.2) is 9.78 Å². The molecule has 0 saturated heterocycles. The molecular weight excluding hydrogens is 330 g/mol. The Morgan fingerprint density at radius 2 is 2.37 bits per heavy atom. The lowest BCUT2D eigenvalue weighted by Gasteiger charge is -2.08. The second-order valence-corrected chi connectivity index (χ2v) is 6.34. The van der Waals surface area contributed by atoms with E-state index < -0.39 is 5.97 Å². The van der Waals surface area contributed by atoms with Crippen LogP contribution < -0.4 is 4.74 Å². The number of ether oxygens (including phenoxy) is 1. The van der Waals surface area contributed by atoms with Gasteiger partial charge in [-0.2, -0.15) is 0 Å². The van der Waals surface area contributed by atoms with E-state index in [2.05, 4.69) is 20.9 Å². The maximum atomic E-state index is 11.1. The first-order valence-electron chi connectivity index (χ1n) is 5.73. The van der Waals surface area contributed by atoms with Gasteiger partial charge < -0.3 is 9.84 Å². The van der Waals surface area contributed by atoms with Gasteiger partial charge in [0.2, 0.25) is 5.01 Å². The Kier molecular flexibility index (Phi) is 3.06. The number of fused-ring (bicyclic) bond motifs is 3. The van der Waals surface area contributed by atoms with Gasteiger partial charge in [-0.05, 0) is 18.2 Å². The predicted octanol–water partition coefficient (Wildman–Crippen LogP) is 3.77. The number of carbonyl (C=O) groups is 1. The Morgan fingerprint density at radius 3 is 3.11 bits per heavy atom. The maximum Gasteiger partial charge on any atom is 0.365 e. The first-order chi connectivity index (χ1) is 9.06.